The summed E-state index contributed by atoms with van der Waals surface area (Å²) in [4.78, 5) is 9.56. The molecule has 0 aromatic heterocycles. The van der Waals surface area contributed by atoms with Crippen molar-refractivity contribution in [3.05, 3.63) is 0 Å². The van der Waals surface area contributed by atoms with E-state index >= 15 is 0 Å². The van der Waals surface area contributed by atoms with E-state index in [1.807, 2.05) is 0 Å². The highest BCUT2D eigenvalue weighted by atomic mass is 19.4. The molecule has 0 aromatic carbocycles. The standard InChI is InChI=1S/C4H3F5O/c5-3(6,2-10)1-4(7,8)9/h2H,1H2/i2D. The molecule has 0 aliphatic carbocycles. The third kappa shape index (κ3) is 4.22. The van der Waals surface area contributed by atoms with Crippen molar-refractivity contribution in [1.29, 1.82) is 0 Å². The molecule has 0 aliphatic heterocycles. The number of hydrogen-bond donors (Lipinski definition) is 0. The zero-order valence-corrected chi connectivity index (χ0v) is 4.51. The average molecular weight is 163 g/mol. The van der Waals surface area contributed by atoms with Gasteiger partial charge in [-0.05, 0) is 0 Å². The van der Waals surface area contributed by atoms with Gasteiger partial charge in [-0.1, -0.05) is 0 Å². The second-order valence-electron chi connectivity index (χ2n) is 1.60. The number of carbonyl (C=O) groups is 1. The molecular weight excluding hydrogens is 159 g/mol. The van der Waals surface area contributed by atoms with Crippen LogP contribution in [0, 0.1) is 0 Å². The van der Waals surface area contributed by atoms with Gasteiger partial charge in [0.25, 0.3) is 0 Å². The first-order valence-electron chi connectivity index (χ1n) is 2.61. The quantitative estimate of drug-likeness (QED) is 0.447. The third-order valence-corrected chi connectivity index (χ3v) is 0.572. The Morgan fingerprint density at radius 3 is 1.80 bits per heavy atom. The number of halogens is 5. The van der Waals surface area contributed by atoms with Gasteiger partial charge in [0.05, 0.1) is 0 Å². The van der Waals surface area contributed by atoms with Crippen LogP contribution in [0.3, 0.4) is 0 Å². The molecule has 0 aliphatic rings. The summed E-state index contributed by atoms with van der Waals surface area (Å²) in [6.45, 7) is 0. The van der Waals surface area contributed by atoms with E-state index in [4.69, 9.17) is 1.37 Å². The zero-order valence-electron chi connectivity index (χ0n) is 5.51. The summed E-state index contributed by atoms with van der Waals surface area (Å²) >= 11 is 0. The van der Waals surface area contributed by atoms with Gasteiger partial charge in [0.2, 0.25) is 0 Å². The van der Waals surface area contributed by atoms with E-state index in [1.54, 1.807) is 0 Å². The van der Waals surface area contributed by atoms with Crippen molar-refractivity contribution >= 4 is 6.26 Å². The predicted octanol–water partition coefficient (Wildman–Crippen LogP) is 1.77. The SMILES string of the molecule is [2H]C(=O)C(F)(F)CC(F)(F)F. The normalized spacial score (nSPS) is 14.7. The molecule has 6 heteroatoms. The van der Waals surface area contributed by atoms with Gasteiger partial charge in [-0.3, -0.25) is 4.79 Å². The van der Waals surface area contributed by atoms with E-state index in [1.165, 1.54) is 0 Å². The summed E-state index contributed by atoms with van der Waals surface area (Å²) in [6, 6.07) is 0. The van der Waals surface area contributed by atoms with Crippen LogP contribution in [0.25, 0.3) is 0 Å². The Kier molecular flexibility index (Phi) is 1.87. The van der Waals surface area contributed by atoms with Gasteiger partial charge >= 0.3 is 12.1 Å². The summed E-state index contributed by atoms with van der Waals surface area (Å²) in [7, 11) is 0. The van der Waals surface area contributed by atoms with E-state index in [2.05, 4.69) is 0 Å². The van der Waals surface area contributed by atoms with Gasteiger partial charge in [-0.25, -0.2) is 0 Å². The van der Waals surface area contributed by atoms with Crippen LogP contribution in [-0.2, 0) is 4.79 Å². The molecule has 0 fully saturated rings. The van der Waals surface area contributed by atoms with Crippen molar-refractivity contribution in [3.8, 4) is 0 Å². The molecule has 0 radical (unpaired) electrons. The van der Waals surface area contributed by atoms with Crippen LogP contribution in [0.5, 0.6) is 0 Å². The minimum absolute atomic E-state index is 2.52. The maximum atomic E-state index is 11.8. The largest absolute Gasteiger partial charge is 0.395 e. The molecule has 1 nitrogen and oxygen atoms in total. The van der Waals surface area contributed by atoms with Crippen molar-refractivity contribution < 1.29 is 28.1 Å². The lowest BCUT2D eigenvalue weighted by Crippen LogP contribution is -2.26. The third-order valence-electron chi connectivity index (χ3n) is 0.572. The number of alkyl halides is 5. The van der Waals surface area contributed by atoms with Gasteiger partial charge in [-0.15, -0.1) is 0 Å². The second kappa shape index (κ2) is 2.51. The zero-order chi connectivity index (χ0) is 9.28. The average Bonchev–Trinajstić information content (AvgIpc) is 1.56. The number of carbonyl (C=O) groups excluding carboxylic acids is 1. The van der Waals surface area contributed by atoms with Crippen LogP contribution in [0.15, 0.2) is 0 Å². The fraction of sp³-hybridized carbons (Fsp3) is 0.750. The molecule has 0 unspecified atom stereocenters. The van der Waals surface area contributed by atoms with E-state index < -0.39 is 24.8 Å². The summed E-state index contributed by atoms with van der Waals surface area (Å²) in [5, 5.41) is 0. The Morgan fingerprint density at radius 1 is 1.30 bits per heavy atom. The van der Waals surface area contributed by atoms with Crippen molar-refractivity contribution in [2.75, 3.05) is 0 Å². The van der Waals surface area contributed by atoms with Crippen LogP contribution < -0.4 is 0 Å². The highest BCUT2D eigenvalue weighted by Gasteiger charge is 2.43. The molecule has 0 rings (SSSR count). The van der Waals surface area contributed by atoms with E-state index in [9.17, 15) is 26.7 Å². The molecular formula is C4H3F5O. The van der Waals surface area contributed by atoms with Gasteiger partial charge in [0.1, 0.15) is 7.79 Å². The highest BCUT2D eigenvalue weighted by Crippen LogP contribution is 2.29. The molecule has 0 aromatic rings. The Balaban J connectivity index is 4.25. The molecule has 0 atom stereocenters. The van der Waals surface area contributed by atoms with Crippen LogP contribution in [0.4, 0.5) is 22.0 Å². The Labute approximate surface area is 54.2 Å². The molecule has 0 spiro atoms. The Bertz CT molecular complexity index is 162. The summed E-state index contributed by atoms with van der Waals surface area (Å²) in [5.74, 6) is -4.61. The molecule has 10 heavy (non-hydrogen) atoms. The van der Waals surface area contributed by atoms with Crippen LogP contribution in [-0.4, -0.2) is 18.4 Å². The molecule has 60 valence electrons. The van der Waals surface area contributed by atoms with E-state index in [0.717, 1.165) is 0 Å². The van der Waals surface area contributed by atoms with Crippen molar-refractivity contribution in [3.63, 3.8) is 0 Å². The Morgan fingerprint density at radius 2 is 1.70 bits per heavy atom. The molecule has 0 heterocycles. The lowest BCUT2D eigenvalue weighted by Gasteiger charge is -2.10. The molecule has 0 bridgehead atoms. The highest BCUT2D eigenvalue weighted by molar-refractivity contribution is 5.59. The first-order chi connectivity index (χ1) is 4.65. The predicted molar refractivity (Wildman–Crippen MR) is 21.7 cm³/mol. The maximum absolute atomic E-state index is 11.8. The lowest BCUT2D eigenvalue weighted by atomic mass is 10.2. The van der Waals surface area contributed by atoms with Crippen molar-refractivity contribution in [1.82, 2.24) is 0 Å². The number of hydrogen-bond acceptors (Lipinski definition) is 1. The van der Waals surface area contributed by atoms with E-state index in [0.29, 0.717) is 0 Å². The van der Waals surface area contributed by atoms with Gasteiger partial charge in [0.15, 0.2) is 6.26 Å². The van der Waals surface area contributed by atoms with E-state index in [-0.39, 0.29) is 0 Å². The lowest BCUT2D eigenvalue weighted by molar-refractivity contribution is -0.186. The summed E-state index contributed by atoms with van der Waals surface area (Å²) in [5.41, 5.74) is 0. The maximum Gasteiger partial charge on any atom is 0.395 e. The number of aldehydes is 1. The van der Waals surface area contributed by atoms with Crippen molar-refractivity contribution in [2.45, 2.75) is 18.5 Å². The summed E-state index contributed by atoms with van der Waals surface area (Å²) < 4.78 is 62.9. The summed E-state index contributed by atoms with van der Waals surface area (Å²) in [6.07, 6.45) is -10.2. The van der Waals surface area contributed by atoms with Crippen LogP contribution >= 0.6 is 0 Å². The van der Waals surface area contributed by atoms with Crippen LogP contribution in [0.1, 0.15) is 7.79 Å². The molecule has 0 saturated heterocycles. The minimum Gasteiger partial charge on any atom is -0.297 e. The molecule has 0 saturated carbocycles. The number of rotatable bonds is 2. The van der Waals surface area contributed by atoms with Crippen molar-refractivity contribution in [2.24, 2.45) is 0 Å². The fourth-order valence-corrected chi connectivity index (χ4v) is 0.288. The fourth-order valence-electron chi connectivity index (χ4n) is 0.288. The molecule has 0 N–H and O–H groups in total. The first kappa shape index (κ1) is 7.43. The first-order valence-corrected chi connectivity index (χ1v) is 2.11. The second-order valence-corrected chi connectivity index (χ2v) is 1.60. The van der Waals surface area contributed by atoms with Gasteiger partial charge < -0.3 is 0 Å². The van der Waals surface area contributed by atoms with Gasteiger partial charge in [-0.2, -0.15) is 22.0 Å². The smallest absolute Gasteiger partial charge is 0.297 e. The minimum atomic E-state index is -5.12. The van der Waals surface area contributed by atoms with Crippen LogP contribution in [0.2, 0.25) is 0 Å². The Hall–Kier alpha value is -0.680. The topological polar surface area (TPSA) is 17.1 Å². The monoisotopic (exact) mass is 163 g/mol. The van der Waals surface area contributed by atoms with Gasteiger partial charge in [0, 0.05) is 0 Å². The molecule has 0 amide bonds.